The fourth-order valence-electron chi connectivity index (χ4n) is 0.167. The Balaban J connectivity index is 0.000000145. The van der Waals surface area contributed by atoms with Crippen LogP contribution in [-0.4, -0.2) is 27.0 Å². The molecule has 0 fully saturated rings. The maximum atomic E-state index is 8.36. The highest BCUT2D eigenvalue weighted by Crippen LogP contribution is 1.55. The van der Waals surface area contributed by atoms with Crippen LogP contribution < -0.4 is 0 Å². The molecule has 2 N–H and O–H groups in total. The molecule has 0 saturated heterocycles. The van der Waals surface area contributed by atoms with Gasteiger partial charge in [0.05, 0.1) is 6.20 Å². The van der Waals surface area contributed by atoms with E-state index in [1.54, 1.807) is 12.4 Å². The number of H-pyrrole nitrogens is 1. The molecule has 8 heavy (non-hydrogen) atoms. The average Bonchev–Trinajstić information content (AvgIpc) is 2.17. The molecule has 0 bridgehead atoms. The van der Waals surface area contributed by atoms with Crippen molar-refractivity contribution in [2.45, 2.75) is 0 Å². The van der Waals surface area contributed by atoms with E-state index in [0.717, 1.165) is 0 Å². The predicted molar refractivity (Wildman–Crippen MR) is 25.1 cm³/mol. The first-order valence-electron chi connectivity index (χ1n) is 1.80. The number of carbonyl (C=O) groups is 1. The Hall–Kier alpha value is -1.39. The van der Waals surface area contributed by atoms with Crippen molar-refractivity contribution in [1.29, 1.82) is 0 Å². The van der Waals surface area contributed by atoms with Crippen LogP contribution in [0.3, 0.4) is 0 Å². The van der Waals surface area contributed by atoms with Crippen molar-refractivity contribution < 1.29 is 9.90 Å². The third-order valence-electron chi connectivity index (χ3n) is 0.331. The third kappa shape index (κ3) is 4.61. The zero-order valence-electron chi connectivity index (χ0n) is 3.98. The number of carboxylic acid groups (broad SMARTS) is 1. The van der Waals surface area contributed by atoms with Crippen LogP contribution in [-0.2, 0) is 4.79 Å². The van der Waals surface area contributed by atoms with E-state index in [-0.39, 0.29) is 6.47 Å². The van der Waals surface area contributed by atoms with Crippen LogP contribution in [0.5, 0.6) is 0 Å². The fourth-order valence-corrected chi connectivity index (χ4v) is 0.167. The van der Waals surface area contributed by atoms with Crippen LogP contribution in [0.1, 0.15) is 0 Å². The number of nitrogens with zero attached hydrogens (tertiary/aromatic N) is 2. The SMILES string of the molecule is O=CO.c1c[nH]nn1. The molecule has 5 heteroatoms. The first-order chi connectivity index (χ1) is 3.91. The monoisotopic (exact) mass is 115 g/mol. The number of nitrogens with one attached hydrogen (secondary N) is 1. The van der Waals surface area contributed by atoms with E-state index in [1.807, 2.05) is 0 Å². The number of hydrogen-bond acceptors (Lipinski definition) is 3. The highest BCUT2D eigenvalue weighted by molar-refractivity contribution is 5.32. The number of rotatable bonds is 0. The summed E-state index contributed by atoms with van der Waals surface area (Å²) < 4.78 is 0. The van der Waals surface area contributed by atoms with Crippen molar-refractivity contribution in [3.05, 3.63) is 12.4 Å². The van der Waals surface area contributed by atoms with Gasteiger partial charge < -0.3 is 5.11 Å². The summed E-state index contributed by atoms with van der Waals surface area (Å²) in [6.07, 6.45) is 3.24. The van der Waals surface area contributed by atoms with Gasteiger partial charge in [0.1, 0.15) is 0 Å². The van der Waals surface area contributed by atoms with Gasteiger partial charge in [-0.3, -0.25) is 9.89 Å². The van der Waals surface area contributed by atoms with E-state index in [0.29, 0.717) is 0 Å². The summed E-state index contributed by atoms with van der Waals surface area (Å²) in [6, 6.07) is 0. The van der Waals surface area contributed by atoms with Gasteiger partial charge in [0.2, 0.25) is 0 Å². The summed E-state index contributed by atoms with van der Waals surface area (Å²) in [5.74, 6) is 0. The first kappa shape index (κ1) is 6.61. The molecule has 44 valence electrons. The Bertz CT molecular complexity index is 98.9. The second-order valence-electron chi connectivity index (χ2n) is 0.766. The van der Waals surface area contributed by atoms with Crippen LogP contribution in [0.4, 0.5) is 0 Å². The lowest BCUT2D eigenvalue weighted by molar-refractivity contribution is -0.122. The summed E-state index contributed by atoms with van der Waals surface area (Å²) in [5.41, 5.74) is 0. The topological polar surface area (TPSA) is 78.9 Å². The lowest BCUT2D eigenvalue weighted by Gasteiger charge is -1.46. The minimum Gasteiger partial charge on any atom is -0.483 e. The molecule has 1 heterocycles. The summed E-state index contributed by atoms with van der Waals surface area (Å²) in [4.78, 5) is 8.36. The van der Waals surface area contributed by atoms with Crippen molar-refractivity contribution in [3.8, 4) is 0 Å². The highest BCUT2D eigenvalue weighted by Gasteiger charge is 1.57. The Kier molecular flexibility index (Phi) is 4.64. The van der Waals surface area contributed by atoms with Gasteiger partial charge in [-0.05, 0) is 0 Å². The summed E-state index contributed by atoms with van der Waals surface area (Å²) in [5, 5.41) is 16.2. The second kappa shape index (κ2) is 5.61. The highest BCUT2D eigenvalue weighted by atomic mass is 16.3. The maximum Gasteiger partial charge on any atom is 0.290 e. The van der Waals surface area contributed by atoms with Crippen LogP contribution in [0, 0.1) is 0 Å². The zero-order chi connectivity index (χ0) is 6.24. The van der Waals surface area contributed by atoms with Crippen molar-refractivity contribution in [3.63, 3.8) is 0 Å². The van der Waals surface area contributed by atoms with Crippen LogP contribution in [0.2, 0.25) is 0 Å². The number of aromatic nitrogens is 3. The summed E-state index contributed by atoms with van der Waals surface area (Å²) in [6.45, 7) is -0.250. The molecular weight excluding hydrogens is 110 g/mol. The molecule has 0 radical (unpaired) electrons. The molecule has 0 aliphatic heterocycles. The molecule has 1 aromatic heterocycles. The lowest BCUT2D eigenvalue weighted by atomic mass is 11.0. The Morgan fingerprint density at radius 2 is 2.38 bits per heavy atom. The standard InChI is InChI=1S/C2H3N3.CH2O2/c1-2-4-5-3-1;2-1-3/h1-2H,(H,3,4,5);1H,(H,2,3). The molecule has 1 rings (SSSR count). The maximum absolute atomic E-state index is 8.36. The van der Waals surface area contributed by atoms with E-state index in [4.69, 9.17) is 9.90 Å². The Morgan fingerprint density at radius 3 is 2.50 bits per heavy atom. The second-order valence-corrected chi connectivity index (χ2v) is 0.766. The molecular formula is C3H5N3O2. The molecule has 5 nitrogen and oxygen atoms in total. The molecule has 1 aromatic rings. The summed E-state index contributed by atoms with van der Waals surface area (Å²) in [7, 11) is 0. The quantitative estimate of drug-likeness (QED) is 0.447. The van der Waals surface area contributed by atoms with Crippen molar-refractivity contribution in [1.82, 2.24) is 15.4 Å². The molecule has 0 aromatic carbocycles. The van der Waals surface area contributed by atoms with Crippen molar-refractivity contribution in [2.75, 3.05) is 0 Å². The molecule has 0 amide bonds. The Morgan fingerprint density at radius 1 is 1.75 bits per heavy atom. The number of aromatic amines is 1. The predicted octanol–water partition coefficient (Wildman–Crippen LogP) is -0.495. The van der Waals surface area contributed by atoms with Gasteiger partial charge in [0, 0.05) is 6.20 Å². The van der Waals surface area contributed by atoms with Gasteiger partial charge in [-0.15, -0.1) is 5.10 Å². The van der Waals surface area contributed by atoms with E-state index >= 15 is 0 Å². The zero-order valence-corrected chi connectivity index (χ0v) is 3.98. The van der Waals surface area contributed by atoms with Gasteiger partial charge in [0.25, 0.3) is 6.47 Å². The fraction of sp³-hybridized carbons (Fsp3) is 0. The van der Waals surface area contributed by atoms with Gasteiger partial charge in [0.15, 0.2) is 0 Å². The normalized spacial score (nSPS) is 6.50. The molecule has 0 aliphatic carbocycles. The van der Waals surface area contributed by atoms with Crippen molar-refractivity contribution >= 4 is 6.47 Å². The first-order valence-corrected chi connectivity index (χ1v) is 1.80. The van der Waals surface area contributed by atoms with E-state index < -0.39 is 0 Å². The van der Waals surface area contributed by atoms with E-state index in [9.17, 15) is 0 Å². The van der Waals surface area contributed by atoms with Gasteiger partial charge >= 0.3 is 0 Å². The molecule has 0 unspecified atom stereocenters. The van der Waals surface area contributed by atoms with Crippen LogP contribution in [0.25, 0.3) is 0 Å². The van der Waals surface area contributed by atoms with E-state index in [2.05, 4.69) is 15.4 Å². The third-order valence-corrected chi connectivity index (χ3v) is 0.331. The Labute approximate surface area is 45.3 Å². The van der Waals surface area contributed by atoms with Crippen LogP contribution >= 0.6 is 0 Å². The average molecular weight is 115 g/mol. The largest absolute Gasteiger partial charge is 0.483 e. The smallest absolute Gasteiger partial charge is 0.290 e. The molecule has 0 spiro atoms. The lowest BCUT2D eigenvalue weighted by Crippen LogP contribution is -1.61. The summed E-state index contributed by atoms with van der Waals surface area (Å²) >= 11 is 0. The minimum absolute atomic E-state index is 0.250. The van der Waals surface area contributed by atoms with Crippen LogP contribution in [0.15, 0.2) is 12.4 Å². The van der Waals surface area contributed by atoms with Gasteiger partial charge in [-0.2, -0.15) is 0 Å². The molecule has 0 saturated carbocycles. The van der Waals surface area contributed by atoms with Crippen molar-refractivity contribution in [2.24, 2.45) is 0 Å². The minimum atomic E-state index is -0.250. The van der Waals surface area contributed by atoms with E-state index in [1.165, 1.54) is 0 Å². The molecule has 0 aliphatic rings. The number of hydrogen-bond donors (Lipinski definition) is 2. The van der Waals surface area contributed by atoms with Gasteiger partial charge in [-0.1, -0.05) is 5.21 Å². The molecule has 0 atom stereocenters. The van der Waals surface area contributed by atoms with Gasteiger partial charge in [-0.25, -0.2) is 0 Å².